The van der Waals surface area contributed by atoms with Gasteiger partial charge < -0.3 is 20.9 Å². The number of ether oxygens (including phenoxy) is 1. The number of carbonyl (C=O) groups is 1. The van der Waals surface area contributed by atoms with E-state index in [1.165, 1.54) is 12.8 Å². The molecule has 1 aliphatic rings. The van der Waals surface area contributed by atoms with Crippen molar-refractivity contribution < 1.29 is 14.6 Å². The molecule has 0 bridgehead atoms. The lowest BCUT2D eigenvalue weighted by molar-refractivity contribution is 0.0353. The Balaban J connectivity index is 2.59. The lowest BCUT2D eigenvalue weighted by Crippen LogP contribution is -2.52. The van der Waals surface area contributed by atoms with E-state index in [0.717, 1.165) is 25.7 Å². The Morgan fingerprint density at radius 1 is 1.26 bits per heavy atom. The zero-order valence-electron chi connectivity index (χ0n) is 12.3. The molecule has 1 amide bonds. The van der Waals surface area contributed by atoms with E-state index in [0.29, 0.717) is 0 Å². The fraction of sp³-hybridized carbons (Fsp3) is 0.929. The predicted molar refractivity (Wildman–Crippen MR) is 74.5 cm³/mol. The molecule has 0 aromatic rings. The van der Waals surface area contributed by atoms with E-state index in [4.69, 9.17) is 10.5 Å². The first-order chi connectivity index (χ1) is 8.79. The van der Waals surface area contributed by atoms with Crippen LogP contribution in [0.3, 0.4) is 0 Å². The third-order valence-electron chi connectivity index (χ3n) is 3.46. The molecule has 0 heterocycles. The van der Waals surface area contributed by atoms with Crippen LogP contribution in [0.15, 0.2) is 0 Å². The first kappa shape index (κ1) is 16.2. The quantitative estimate of drug-likeness (QED) is 0.543. The number of alkyl carbamates (subject to hydrolysis) is 1. The number of carbonyl (C=O) groups excluding carboxylic acids is 1. The molecule has 0 aromatic heterocycles. The van der Waals surface area contributed by atoms with E-state index in [1.807, 2.05) is 20.8 Å². The lowest BCUT2D eigenvalue weighted by atomic mass is 9.91. The molecule has 0 aromatic carbocycles. The Kier molecular flexibility index (Phi) is 6.07. The number of amides is 1. The molecule has 1 fully saturated rings. The highest BCUT2D eigenvalue weighted by Gasteiger charge is 2.30. The second-order valence-electron chi connectivity index (χ2n) is 6.41. The van der Waals surface area contributed by atoms with E-state index in [9.17, 15) is 9.90 Å². The third-order valence-corrected chi connectivity index (χ3v) is 3.46. The van der Waals surface area contributed by atoms with Gasteiger partial charge in [-0.1, -0.05) is 25.7 Å². The topological polar surface area (TPSA) is 84.6 Å². The molecule has 1 aliphatic carbocycles. The number of aliphatic hydroxyl groups excluding tert-OH is 1. The van der Waals surface area contributed by atoms with Gasteiger partial charge in [-0.05, 0) is 39.5 Å². The van der Waals surface area contributed by atoms with Crippen molar-refractivity contribution >= 4 is 6.09 Å². The molecule has 0 spiro atoms. The van der Waals surface area contributed by atoms with Gasteiger partial charge in [0.15, 0.2) is 0 Å². The fourth-order valence-corrected chi connectivity index (χ4v) is 2.60. The van der Waals surface area contributed by atoms with E-state index in [-0.39, 0.29) is 5.92 Å². The van der Waals surface area contributed by atoms with Crippen molar-refractivity contribution in [1.29, 1.82) is 0 Å². The molecule has 0 saturated heterocycles. The molecule has 112 valence electrons. The molecular formula is C14H28N2O3. The van der Waals surface area contributed by atoms with Crippen LogP contribution in [0.25, 0.3) is 0 Å². The van der Waals surface area contributed by atoms with Crippen molar-refractivity contribution in [3.8, 4) is 0 Å². The summed E-state index contributed by atoms with van der Waals surface area (Å²) in [6, 6.07) is -0.423. The highest BCUT2D eigenvalue weighted by molar-refractivity contribution is 5.68. The second kappa shape index (κ2) is 7.10. The SMILES string of the molecule is CC(C)(C)OC(=O)N[C@@H](C1CCCCCC1)[C@@H](N)O. The second-order valence-corrected chi connectivity index (χ2v) is 6.41. The lowest BCUT2D eigenvalue weighted by Gasteiger charge is -2.30. The maximum absolute atomic E-state index is 11.8. The predicted octanol–water partition coefficient (Wildman–Crippen LogP) is 2.13. The monoisotopic (exact) mass is 272 g/mol. The van der Waals surface area contributed by atoms with Gasteiger partial charge in [0.2, 0.25) is 0 Å². The fourth-order valence-electron chi connectivity index (χ4n) is 2.60. The van der Waals surface area contributed by atoms with Crippen LogP contribution in [0.1, 0.15) is 59.3 Å². The van der Waals surface area contributed by atoms with Crippen LogP contribution < -0.4 is 11.1 Å². The minimum atomic E-state index is -1.05. The zero-order valence-corrected chi connectivity index (χ0v) is 12.3. The average Bonchev–Trinajstić information content (AvgIpc) is 2.51. The standard InChI is InChI=1S/C14H28N2O3/c1-14(2,3)19-13(18)16-11(12(15)17)10-8-6-4-5-7-9-10/h10-12,17H,4-9,15H2,1-3H3,(H,16,18)/t11-,12-/m0/s1. The highest BCUT2D eigenvalue weighted by atomic mass is 16.6. The molecule has 5 nitrogen and oxygen atoms in total. The molecule has 0 radical (unpaired) electrons. The maximum atomic E-state index is 11.8. The summed E-state index contributed by atoms with van der Waals surface area (Å²) >= 11 is 0. The van der Waals surface area contributed by atoms with Crippen molar-refractivity contribution in [3.63, 3.8) is 0 Å². The zero-order chi connectivity index (χ0) is 14.5. The van der Waals surface area contributed by atoms with Crippen LogP contribution in [0.4, 0.5) is 4.79 Å². The number of rotatable bonds is 3. The largest absolute Gasteiger partial charge is 0.444 e. The summed E-state index contributed by atoms with van der Waals surface area (Å²) in [6.45, 7) is 5.43. The van der Waals surface area contributed by atoms with Crippen LogP contribution in [0.5, 0.6) is 0 Å². The van der Waals surface area contributed by atoms with Crippen molar-refractivity contribution in [2.75, 3.05) is 0 Å². The first-order valence-electron chi connectivity index (χ1n) is 7.23. The molecule has 1 rings (SSSR count). The van der Waals surface area contributed by atoms with Gasteiger partial charge in [-0.2, -0.15) is 0 Å². The smallest absolute Gasteiger partial charge is 0.408 e. The van der Waals surface area contributed by atoms with Gasteiger partial charge in [0.1, 0.15) is 11.8 Å². The molecule has 1 saturated carbocycles. The summed E-state index contributed by atoms with van der Waals surface area (Å²) in [6.07, 6.45) is 5.13. The summed E-state index contributed by atoms with van der Waals surface area (Å²) < 4.78 is 5.22. The summed E-state index contributed by atoms with van der Waals surface area (Å²) in [5.41, 5.74) is 5.07. The van der Waals surface area contributed by atoms with Gasteiger partial charge in [0.25, 0.3) is 0 Å². The van der Waals surface area contributed by atoms with Gasteiger partial charge in [0, 0.05) is 0 Å². The highest BCUT2D eigenvalue weighted by Crippen LogP contribution is 2.26. The van der Waals surface area contributed by atoms with E-state index in [1.54, 1.807) is 0 Å². The number of nitrogens with one attached hydrogen (secondary N) is 1. The van der Waals surface area contributed by atoms with Crippen LogP contribution in [-0.2, 0) is 4.74 Å². The Bertz CT molecular complexity index is 279. The Morgan fingerprint density at radius 3 is 2.21 bits per heavy atom. The molecular weight excluding hydrogens is 244 g/mol. The van der Waals surface area contributed by atoms with Gasteiger partial charge >= 0.3 is 6.09 Å². The summed E-state index contributed by atoms with van der Waals surface area (Å²) in [7, 11) is 0. The minimum absolute atomic E-state index is 0.231. The van der Waals surface area contributed by atoms with Gasteiger partial charge in [-0.3, -0.25) is 0 Å². The summed E-state index contributed by atoms with van der Waals surface area (Å²) in [5.74, 6) is 0.231. The average molecular weight is 272 g/mol. The van der Waals surface area contributed by atoms with Crippen molar-refractivity contribution in [2.45, 2.75) is 77.2 Å². The first-order valence-corrected chi connectivity index (χ1v) is 7.23. The van der Waals surface area contributed by atoms with E-state index < -0.39 is 24.0 Å². The van der Waals surface area contributed by atoms with Crippen LogP contribution in [-0.4, -0.2) is 29.1 Å². The number of aliphatic hydroxyl groups is 1. The van der Waals surface area contributed by atoms with Crippen LogP contribution >= 0.6 is 0 Å². The van der Waals surface area contributed by atoms with Crippen LogP contribution in [0, 0.1) is 5.92 Å². The number of hydrogen-bond donors (Lipinski definition) is 3. The van der Waals surface area contributed by atoms with Crippen molar-refractivity contribution in [2.24, 2.45) is 11.7 Å². The number of nitrogens with two attached hydrogens (primary N) is 1. The van der Waals surface area contributed by atoms with E-state index in [2.05, 4.69) is 5.32 Å². The molecule has 4 N–H and O–H groups in total. The van der Waals surface area contributed by atoms with Gasteiger partial charge in [-0.15, -0.1) is 0 Å². The minimum Gasteiger partial charge on any atom is -0.444 e. The Hall–Kier alpha value is -0.810. The third kappa shape index (κ3) is 6.25. The molecule has 0 unspecified atom stereocenters. The molecule has 2 atom stereocenters. The Labute approximate surface area is 115 Å². The van der Waals surface area contributed by atoms with Gasteiger partial charge in [-0.25, -0.2) is 4.79 Å². The van der Waals surface area contributed by atoms with Crippen molar-refractivity contribution in [1.82, 2.24) is 5.32 Å². The molecule has 0 aliphatic heterocycles. The molecule has 5 heteroatoms. The normalized spacial score (nSPS) is 21.3. The van der Waals surface area contributed by atoms with E-state index >= 15 is 0 Å². The maximum Gasteiger partial charge on any atom is 0.408 e. The van der Waals surface area contributed by atoms with Crippen molar-refractivity contribution in [3.05, 3.63) is 0 Å². The van der Waals surface area contributed by atoms with Crippen LogP contribution in [0.2, 0.25) is 0 Å². The summed E-state index contributed by atoms with van der Waals surface area (Å²) in [4.78, 5) is 11.8. The summed E-state index contributed by atoms with van der Waals surface area (Å²) in [5, 5.41) is 12.4. The van der Waals surface area contributed by atoms with Gasteiger partial charge in [0.05, 0.1) is 6.04 Å². The number of hydrogen-bond acceptors (Lipinski definition) is 4. The molecule has 19 heavy (non-hydrogen) atoms. The Morgan fingerprint density at radius 2 is 1.79 bits per heavy atom.